The summed E-state index contributed by atoms with van der Waals surface area (Å²) in [5.41, 5.74) is -1.14. The van der Waals surface area contributed by atoms with E-state index in [0.717, 1.165) is 4.57 Å². The fraction of sp³-hybridized carbons (Fsp3) is 0.444. The van der Waals surface area contributed by atoms with Crippen LogP contribution in [0, 0.1) is 0 Å². The average molecular weight is 370 g/mol. The second kappa shape index (κ2) is 5.18. The Balaban J connectivity index is 3.85. The maximum atomic E-state index is 11.9. The lowest BCUT2D eigenvalue weighted by atomic mass is 10.2. The molecule has 0 bridgehead atoms. The number of nitrogens with zero attached hydrogens (tertiary/aromatic N) is 2. The molecular formula is C9H10Br2N2O4. The van der Waals surface area contributed by atoms with Crippen LogP contribution in [-0.2, 0) is 18.8 Å². The van der Waals surface area contributed by atoms with Crippen molar-refractivity contribution in [3.63, 3.8) is 0 Å². The molecule has 1 aromatic rings. The zero-order chi connectivity index (χ0) is 13.3. The quantitative estimate of drug-likeness (QED) is 0.567. The Bertz CT molecular complexity index is 574. The lowest BCUT2D eigenvalue weighted by molar-refractivity contribution is 0.0595. The molecule has 94 valence electrons. The molecule has 0 saturated carbocycles. The Kier molecular flexibility index (Phi) is 4.31. The highest BCUT2D eigenvalue weighted by Crippen LogP contribution is 2.29. The number of aromatic nitrogens is 2. The molecule has 0 N–H and O–H groups in total. The van der Waals surface area contributed by atoms with E-state index in [1.807, 2.05) is 0 Å². The number of ether oxygens (including phenoxy) is 1. The number of alkyl halides is 2. The van der Waals surface area contributed by atoms with Crippen LogP contribution in [-0.4, -0.2) is 22.2 Å². The average Bonchev–Trinajstić information content (AvgIpc) is 2.29. The minimum absolute atomic E-state index is 0.171. The lowest BCUT2D eigenvalue weighted by Crippen LogP contribution is -2.42. The number of esters is 1. The van der Waals surface area contributed by atoms with Crippen LogP contribution >= 0.6 is 31.9 Å². The fourth-order valence-corrected chi connectivity index (χ4v) is 2.48. The zero-order valence-corrected chi connectivity index (χ0v) is 12.5. The summed E-state index contributed by atoms with van der Waals surface area (Å²) in [7, 11) is 3.95. The van der Waals surface area contributed by atoms with Gasteiger partial charge >= 0.3 is 11.7 Å². The molecule has 0 fully saturated rings. The normalized spacial score (nSPS) is 10.7. The van der Waals surface area contributed by atoms with Crippen molar-refractivity contribution in [3.05, 3.63) is 32.1 Å². The van der Waals surface area contributed by atoms with Gasteiger partial charge in [0.1, 0.15) is 9.30 Å². The van der Waals surface area contributed by atoms with Gasteiger partial charge in [0.25, 0.3) is 5.56 Å². The number of methoxy groups -OCH3 is 1. The van der Waals surface area contributed by atoms with Crippen molar-refractivity contribution in [3.8, 4) is 0 Å². The molecule has 0 atom stereocenters. The Hall–Kier alpha value is -0.890. The highest BCUT2D eigenvalue weighted by molar-refractivity contribution is 9.24. The second-order valence-electron chi connectivity index (χ2n) is 3.26. The first-order chi connectivity index (χ1) is 7.82. The molecule has 17 heavy (non-hydrogen) atoms. The van der Waals surface area contributed by atoms with E-state index >= 15 is 0 Å². The summed E-state index contributed by atoms with van der Waals surface area (Å²) in [6.07, 6.45) is 0. The summed E-state index contributed by atoms with van der Waals surface area (Å²) in [4.78, 5) is 35.2. The molecule has 0 spiro atoms. The van der Waals surface area contributed by atoms with Gasteiger partial charge in [-0.25, -0.2) is 9.59 Å². The van der Waals surface area contributed by atoms with Gasteiger partial charge in [-0.2, -0.15) is 0 Å². The third-order valence-electron chi connectivity index (χ3n) is 2.31. The van der Waals surface area contributed by atoms with E-state index < -0.39 is 21.0 Å². The molecule has 0 saturated heterocycles. The predicted molar refractivity (Wildman–Crippen MR) is 68.9 cm³/mol. The van der Waals surface area contributed by atoms with E-state index in [1.54, 1.807) is 0 Å². The Morgan fingerprint density at radius 1 is 1.24 bits per heavy atom. The number of rotatable bonds is 2. The van der Waals surface area contributed by atoms with Crippen LogP contribution in [0.5, 0.6) is 0 Å². The first kappa shape index (κ1) is 14.2. The van der Waals surface area contributed by atoms with Crippen LogP contribution in [0.15, 0.2) is 9.59 Å². The van der Waals surface area contributed by atoms with Crippen molar-refractivity contribution in [2.75, 3.05) is 7.11 Å². The number of hydrogen-bond donors (Lipinski definition) is 0. The lowest BCUT2D eigenvalue weighted by Gasteiger charge is -2.14. The van der Waals surface area contributed by atoms with E-state index in [2.05, 4.69) is 36.6 Å². The number of halogens is 2. The van der Waals surface area contributed by atoms with Crippen LogP contribution in [0.25, 0.3) is 0 Å². The van der Waals surface area contributed by atoms with Crippen LogP contribution < -0.4 is 11.2 Å². The van der Waals surface area contributed by atoms with Crippen LogP contribution in [0.4, 0.5) is 0 Å². The molecule has 0 aliphatic rings. The van der Waals surface area contributed by atoms with Crippen molar-refractivity contribution >= 4 is 37.8 Å². The molecule has 0 aliphatic carbocycles. The number of carbonyl (C=O) groups is 1. The van der Waals surface area contributed by atoms with Gasteiger partial charge in [0.05, 0.1) is 12.8 Å². The van der Waals surface area contributed by atoms with E-state index in [-0.39, 0.29) is 11.3 Å². The van der Waals surface area contributed by atoms with Gasteiger partial charge in [-0.05, 0) is 0 Å². The summed E-state index contributed by atoms with van der Waals surface area (Å²) in [5.74, 6) is -0.778. The minimum atomic E-state index is -0.778. The molecule has 1 heterocycles. The molecule has 8 heteroatoms. The Morgan fingerprint density at radius 2 is 1.76 bits per heavy atom. The maximum Gasteiger partial charge on any atom is 0.345 e. The second-order valence-corrected chi connectivity index (χ2v) is 6.32. The first-order valence-electron chi connectivity index (χ1n) is 4.49. The SMILES string of the molecule is COC(=O)c1c(C(Br)Br)n(C)c(=O)n(C)c1=O. The van der Waals surface area contributed by atoms with E-state index in [0.29, 0.717) is 0 Å². The molecule has 1 aromatic heterocycles. The smallest absolute Gasteiger partial charge is 0.345 e. The summed E-state index contributed by atoms with van der Waals surface area (Å²) in [6.45, 7) is 0. The van der Waals surface area contributed by atoms with Gasteiger partial charge < -0.3 is 4.74 Å². The molecule has 6 nitrogen and oxygen atoms in total. The van der Waals surface area contributed by atoms with Crippen LogP contribution in [0.2, 0.25) is 0 Å². The standard InChI is InChI=1S/C9H10Br2N2O4/c1-12-5(6(10)11)4(8(15)17-3)7(14)13(2)9(12)16/h6H,1-3H3. The van der Waals surface area contributed by atoms with Gasteiger partial charge in [0.15, 0.2) is 0 Å². The molecule has 0 unspecified atom stereocenters. The monoisotopic (exact) mass is 368 g/mol. The summed E-state index contributed by atoms with van der Waals surface area (Å²) < 4.78 is 6.11. The summed E-state index contributed by atoms with van der Waals surface area (Å²) in [5, 5.41) is 0. The van der Waals surface area contributed by atoms with Crippen LogP contribution in [0.1, 0.15) is 19.8 Å². The number of hydrogen-bond acceptors (Lipinski definition) is 4. The van der Waals surface area contributed by atoms with Crippen LogP contribution in [0.3, 0.4) is 0 Å². The topological polar surface area (TPSA) is 70.3 Å². The molecule has 1 rings (SSSR count). The maximum absolute atomic E-state index is 11.9. The van der Waals surface area contributed by atoms with Crippen molar-refractivity contribution in [2.45, 2.75) is 3.74 Å². The molecule has 0 aliphatic heterocycles. The third kappa shape index (κ3) is 2.37. The third-order valence-corrected chi connectivity index (χ3v) is 3.17. The predicted octanol–water partition coefficient (Wildman–Crippen LogP) is 0.659. The largest absolute Gasteiger partial charge is 0.465 e. The molecule has 0 radical (unpaired) electrons. The van der Waals surface area contributed by atoms with Gasteiger partial charge in [-0.15, -0.1) is 0 Å². The summed E-state index contributed by atoms with van der Waals surface area (Å²) in [6, 6.07) is 0. The van der Waals surface area contributed by atoms with Gasteiger partial charge in [0, 0.05) is 14.1 Å². The van der Waals surface area contributed by atoms with E-state index in [1.165, 1.54) is 25.8 Å². The first-order valence-corrected chi connectivity index (χ1v) is 6.32. The van der Waals surface area contributed by atoms with Gasteiger partial charge in [0.2, 0.25) is 0 Å². The molecule has 0 aromatic carbocycles. The van der Waals surface area contributed by atoms with Crippen molar-refractivity contribution < 1.29 is 9.53 Å². The zero-order valence-electron chi connectivity index (χ0n) is 9.36. The molecule has 0 amide bonds. The molecular weight excluding hydrogens is 360 g/mol. The fourth-order valence-electron chi connectivity index (χ4n) is 1.41. The van der Waals surface area contributed by atoms with Crippen molar-refractivity contribution in [1.29, 1.82) is 0 Å². The van der Waals surface area contributed by atoms with Crippen molar-refractivity contribution in [2.24, 2.45) is 14.1 Å². The Morgan fingerprint density at radius 3 is 2.18 bits per heavy atom. The summed E-state index contributed by atoms with van der Waals surface area (Å²) >= 11 is 6.35. The highest BCUT2D eigenvalue weighted by atomic mass is 79.9. The minimum Gasteiger partial charge on any atom is -0.465 e. The Labute approximate surface area is 113 Å². The van der Waals surface area contributed by atoms with E-state index in [4.69, 9.17) is 0 Å². The van der Waals surface area contributed by atoms with Gasteiger partial charge in [-0.1, -0.05) is 31.9 Å². The van der Waals surface area contributed by atoms with E-state index in [9.17, 15) is 14.4 Å². The highest BCUT2D eigenvalue weighted by Gasteiger charge is 2.25. The number of carbonyl (C=O) groups excluding carboxylic acids is 1. The van der Waals surface area contributed by atoms with Crippen molar-refractivity contribution in [1.82, 2.24) is 9.13 Å². The van der Waals surface area contributed by atoms with Gasteiger partial charge in [-0.3, -0.25) is 13.9 Å².